The molecule has 1 heterocycles. The SMILES string of the molecule is NC(=S)c1ncn(Cc2ccc(Br)cc2)n1. The zero-order valence-corrected chi connectivity index (χ0v) is 10.7. The van der Waals surface area contributed by atoms with Gasteiger partial charge in [-0.1, -0.05) is 40.3 Å². The van der Waals surface area contributed by atoms with Gasteiger partial charge in [-0.05, 0) is 17.7 Å². The molecule has 0 atom stereocenters. The van der Waals surface area contributed by atoms with E-state index >= 15 is 0 Å². The highest BCUT2D eigenvalue weighted by molar-refractivity contribution is 9.10. The third-order valence-corrected chi connectivity index (χ3v) is 2.73. The Kier molecular flexibility index (Phi) is 3.31. The summed E-state index contributed by atoms with van der Waals surface area (Å²) in [5, 5.41) is 4.16. The van der Waals surface area contributed by atoms with Gasteiger partial charge in [-0.3, -0.25) is 0 Å². The van der Waals surface area contributed by atoms with Crippen LogP contribution in [0.2, 0.25) is 0 Å². The maximum Gasteiger partial charge on any atom is 0.208 e. The van der Waals surface area contributed by atoms with E-state index in [9.17, 15) is 0 Å². The molecule has 0 aliphatic heterocycles. The molecule has 2 aromatic rings. The van der Waals surface area contributed by atoms with Gasteiger partial charge in [-0.2, -0.15) is 0 Å². The van der Waals surface area contributed by atoms with E-state index < -0.39 is 0 Å². The third kappa shape index (κ3) is 2.65. The summed E-state index contributed by atoms with van der Waals surface area (Å²) >= 11 is 8.18. The number of hydrogen-bond donors (Lipinski definition) is 1. The van der Waals surface area contributed by atoms with Crippen molar-refractivity contribution >= 4 is 33.1 Å². The molecule has 82 valence electrons. The van der Waals surface area contributed by atoms with E-state index in [4.69, 9.17) is 18.0 Å². The smallest absolute Gasteiger partial charge is 0.208 e. The van der Waals surface area contributed by atoms with Crippen molar-refractivity contribution in [1.82, 2.24) is 14.8 Å². The Morgan fingerprint density at radius 2 is 2.06 bits per heavy atom. The number of aromatic nitrogens is 3. The van der Waals surface area contributed by atoms with E-state index in [1.807, 2.05) is 24.3 Å². The Labute approximate surface area is 107 Å². The molecule has 0 amide bonds. The predicted octanol–water partition coefficient (Wildman–Crippen LogP) is 1.72. The van der Waals surface area contributed by atoms with Crippen LogP contribution in [0, 0.1) is 0 Å². The Balaban J connectivity index is 2.14. The van der Waals surface area contributed by atoms with Gasteiger partial charge in [0.15, 0.2) is 0 Å². The normalized spacial score (nSPS) is 10.3. The molecular formula is C10H9BrN4S. The molecule has 0 spiro atoms. The van der Waals surface area contributed by atoms with Gasteiger partial charge < -0.3 is 5.73 Å². The second-order valence-electron chi connectivity index (χ2n) is 3.26. The van der Waals surface area contributed by atoms with Crippen LogP contribution >= 0.6 is 28.1 Å². The molecule has 0 saturated heterocycles. The molecule has 2 rings (SSSR count). The lowest BCUT2D eigenvalue weighted by Gasteiger charge is -2.00. The van der Waals surface area contributed by atoms with Crippen LogP contribution in [-0.2, 0) is 6.54 Å². The molecule has 0 aliphatic carbocycles. The maximum atomic E-state index is 5.43. The van der Waals surface area contributed by atoms with Gasteiger partial charge in [0.2, 0.25) is 5.82 Å². The highest BCUT2D eigenvalue weighted by Gasteiger charge is 2.03. The van der Waals surface area contributed by atoms with Gasteiger partial charge in [0.1, 0.15) is 11.3 Å². The second kappa shape index (κ2) is 4.71. The lowest BCUT2D eigenvalue weighted by Crippen LogP contribution is -2.12. The molecule has 1 aromatic heterocycles. The van der Waals surface area contributed by atoms with Crippen LogP contribution in [0.15, 0.2) is 35.1 Å². The minimum atomic E-state index is 0.217. The first-order chi connectivity index (χ1) is 7.65. The fourth-order valence-electron chi connectivity index (χ4n) is 1.26. The molecule has 1 aromatic carbocycles. The van der Waals surface area contributed by atoms with Crippen LogP contribution in [-0.4, -0.2) is 19.8 Å². The van der Waals surface area contributed by atoms with Gasteiger partial charge in [-0.15, -0.1) is 5.10 Å². The minimum Gasteiger partial charge on any atom is -0.387 e. The zero-order chi connectivity index (χ0) is 11.5. The van der Waals surface area contributed by atoms with E-state index in [1.54, 1.807) is 11.0 Å². The monoisotopic (exact) mass is 296 g/mol. The Bertz CT molecular complexity index is 506. The molecule has 0 fully saturated rings. The van der Waals surface area contributed by atoms with Crippen molar-refractivity contribution in [2.75, 3.05) is 0 Å². The Morgan fingerprint density at radius 1 is 1.38 bits per heavy atom. The van der Waals surface area contributed by atoms with E-state index in [-0.39, 0.29) is 4.99 Å². The lowest BCUT2D eigenvalue weighted by atomic mass is 10.2. The molecule has 6 heteroatoms. The average molecular weight is 297 g/mol. The Morgan fingerprint density at radius 3 is 2.62 bits per heavy atom. The first kappa shape index (κ1) is 11.2. The van der Waals surface area contributed by atoms with E-state index in [2.05, 4.69) is 26.0 Å². The van der Waals surface area contributed by atoms with Gasteiger partial charge in [0.25, 0.3) is 0 Å². The molecule has 0 unspecified atom stereocenters. The van der Waals surface area contributed by atoms with Crippen LogP contribution in [0.25, 0.3) is 0 Å². The highest BCUT2D eigenvalue weighted by atomic mass is 79.9. The summed E-state index contributed by atoms with van der Waals surface area (Å²) in [6.07, 6.45) is 1.62. The molecule has 0 bridgehead atoms. The van der Waals surface area contributed by atoms with Crippen LogP contribution in [0.1, 0.15) is 11.4 Å². The number of rotatable bonds is 3. The molecule has 4 nitrogen and oxygen atoms in total. The fraction of sp³-hybridized carbons (Fsp3) is 0.100. The van der Waals surface area contributed by atoms with Crippen LogP contribution < -0.4 is 5.73 Å². The standard InChI is InChI=1S/C10H9BrN4S/c11-8-3-1-7(2-4-8)5-15-6-13-10(14-15)9(12)16/h1-4,6H,5H2,(H2,12,16). The summed E-state index contributed by atoms with van der Waals surface area (Å²) in [5.41, 5.74) is 6.57. The van der Waals surface area contributed by atoms with Crippen molar-refractivity contribution < 1.29 is 0 Å². The summed E-state index contributed by atoms with van der Waals surface area (Å²) in [4.78, 5) is 4.22. The van der Waals surface area contributed by atoms with Crippen molar-refractivity contribution in [2.45, 2.75) is 6.54 Å². The number of nitrogens with two attached hydrogens (primary N) is 1. The number of nitrogens with zero attached hydrogens (tertiary/aromatic N) is 3. The molecule has 0 radical (unpaired) electrons. The fourth-order valence-corrected chi connectivity index (χ4v) is 1.62. The van der Waals surface area contributed by atoms with Gasteiger partial charge in [0, 0.05) is 4.47 Å². The van der Waals surface area contributed by atoms with Gasteiger partial charge in [-0.25, -0.2) is 9.67 Å². The predicted molar refractivity (Wildman–Crippen MR) is 69.2 cm³/mol. The van der Waals surface area contributed by atoms with Crippen molar-refractivity contribution in [2.24, 2.45) is 5.73 Å². The number of benzene rings is 1. The topological polar surface area (TPSA) is 56.7 Å². The van der Waals surface area contributed by atoms with Crippen molar-refractivity contribution in [3.05, 3.63) is 46.5 Å². The van der Waals surface area contributed by atoms with Gasteiger partial charge in [0.05, 0.1) is 6.54 Å². The molecule has 2 N–H and O–H groups in total. The first-order valence-electron chi connectivity index (χ1n) is 4.59. The summed E-state index contributed by atoms with van der Waals surface area (Å²) in [6, 6.07) is 8.01. The zero-order valence-electron chi connectivity index (χ0n) is 8.30. The molecule has 0 saturated carbocycles. The highest BCUT2D eigenvalue weighted by Crippen LogP contribution is 2.11. The minimum absolute atomic E-state index is 0.217. The molecule has 0 aliphatic rings. The first-order valence-corrected chi connectivity index (χ1v) is 5.79. The lowest BCUT2D eigenvalue weighted by molar-refractivity contribution is 0.683. The van der Waals surface area contributed by atoms with Crippen molar-refractivity contribution in [3.8, 4) is 0 Å². The summed E-state index contributed by atoms with van der Waals surface area (Å²) in [5.74, 6) is 0.409. The summed E-state index contributed by atoms with van der Waals surface area (Å²) < 4.78 is 2.76. The molecule has 16 heavy (non-hydrogen) atoms. The van der Waals surface area contributed by atoms with Crippen LogP contribution in [0.3, 0.4) is 0 Å². The number of hydrogen-bond acceptors (Lipinski definition) is 3. The number of halogens is 1. The van der Waals surface area contributed by atoms with E-state index in [1.165, 1.54) is 0 Å². The maximum absolute atomic E-state index is 5.43. The molecular weight excluding hydrogens is 288 g/mol. The van der Waals surface area contributed by atoms with E-state index in [0.29, 0.717) is 12.4 Å². The summed E-state index contributed by atoms with van der Waals surface area (Å²) in [6.45, 7) is 0.656. The second-order valence-corrected chi connectivity index (χ2v) is 4.61. The summed E-state index contributed by atoms with van der Waals surface area (Å²) in [7, 11) is 0. The van der Waals surface area contributed by atoms with Gasteiger partial charge >= 0.3 is 0 Å². The van der Waals surface area contributed by atoms with Crippen LogP contribution in [0.4, 0.5) is 0 Å². The Hall–Kier alpha value is -1.27. The van der Waals surface area contributed by atoms with Crippen molar-refractivity contribution in [3.63, 3.8) is 0 Å². The van der Waals surface area contributed by atoms with E-state index in [0.717, 1.165) is 10.0 Å². The third-order valence-electron chi connectivity index (χ3n) is 2.01. The number of thiocarbonyl (C=S) groups is 1. The average Bonchev–Trinajstić information content (AvgIpc) is 2.70. The van der Waals surface area contributed by atoms with Crippen molar-refractivity contribution in [1.29, 1.82) is 0 Å². The quantitative estimate of drug-likeness (QED) is 0.877. The van der Waals surface area contributed by atoms with Crippen LogP contribution in [0.5, 0.6) is 0 Å². The largest absolute Gasteiger partial charge is 0.387 e.